The summed E-state index contributed by atoms with van der Waals surface area (Å²) in [5.41, 5.74) is 3.00. The van der Waals surface area contributed by atoms with Crippen molar-refractivity contribution in [2.24, 2.45) is 5.92 Å². The zero-order chi connectivity index (χ0) is 29.4. The zero-order valence-corrected chi connectivity index (χ0v) is 25.3. The van der Waals surface area contributed by atoms with Crippen LogP contribution in [0.15, 0.2) is 77.7 Å². The van der Waals surface area contributed by atoms with Gasteiger partial charge in [0, 0.05) is 18.1 Å². The molecule has 1 atom stereocenters. The van der Waals surface area contributed by atoms with Crippen LogP contribution in [0.4, 0.5) is 5.69 Å². The fourth-order valence-corrected chi connectivity index (χ4v) is 5.93. The predicted molar refractivity (Wildman–Crippen MR) is 161 cm³/mol. The summed E-state index contributed by atoms with van der Waals surface area (Å²) in [5.74, 6) is -0.503. The van der Waals surface area contributed by atoms with Crippen LogP contribution in [0, 0.1) is 19.8 Å². The summed E-state index contributed by atoms with van der Waals surface area (Å²) in [6, 6.07) is 19.8. The fourth-order valence-electron chi connectivity index (χ4n) is 4.32. The molecule has 0 bridgehead atoms. The zero-order valence-electron chi connectivity index (χ0n) is 23.7. The molecule has 0 radical (unpaired) electrons. The van der Waals surface area contributed by atoms with Gasteiger partial charge < -0.3 is 10.2 Å². The Labute approximate surface area is 243 Å². The molecule has 2 amide bonds. The van der Waals surface area contributed by atoms with Crippen molar-refractivity contribution in [1.29, 1.82) is 0 Å². The number of aryl methyl sites for hydroxylation is 2. The van der Waals surface area contributed by atoms with Gasteiger partial charge in [0.1, 0.15) is 12.6 Å². The number of benzene rings is 3. The van der Waals surface area contributed by atoms with Crippen molar-refractivity contribution in [3.8, 4) is 0 Å². The lowest BCUT2D eigenvalue weighted by Gasteiger charge is -2.33. The van der Waals surface area contributed by atoms with E-state index in [4.69, 9.17) is 11.6 Å². The molecule has 3 rings (SSSR count). The van der Waals surface area contributed by atoms with Gasteiger partial charge in [-0.15, -0.1) is 0 Å². The molecule has 0 spiro atoms. The minimum atomic E-state index is -4.15. The van der Waals surface area contributed by atoms with Crippen LogP contribution in [-0.4, -0.2) is 44.3 Å². The average Bonchev–Trinajstić information content (AvgIpc) is 2.92. The lowest BCUT2D eigenvalue weighted by atomic mass is 10.1. The Kier molecular flexibility index (Phi) is 10.8. The van der Waals surface area contributed by atoms with Crippen molar-refractivity contribution >= 4 is 39.1 Å². The summed E-state index contributed by atoms with van der Waals surface area (Å²) in [6.45, 7) is 9.77. The van der Waals surface area contributed by atoms with Crippen LogP contribution in [0.3, 0.4) is 0 Å². The van der Waals surface area contributed by atoms with Gasteiger partial charge in [-0.05, 0) is 67.6 Å². The summed E-state index contributed by atoms with van der Waals surface area (Å²) in [5, 5.41) is 3.34. The molecule has 3 aromatic rings. The second kappa shape index (κ2) is 13.8. The van der Waals surface area contributed by atoms with Gasteiger partial charge in [-0.1, -0.05) is 80.4 Å². The second-order valence-electron chi connectivity index (χ2n) is 10.3. The van der Waals surface area contributed by atoms with Crippen molar-refractivity contribution < 1.29 is 18.0 Å². The van der Waals surface area contributed by atoms with Crippen LogP contribution in [-0.2, 0) is 26.2 Å². The Morgan fingerprint density at radius 1 is 0.925 bits per heavy atom. The fraction of sp³-hybridized carbons (Fsp3) is 0.355. The van der Waals surface area contributed by atoms with Crippen molar-refractivity contribution in [2.75, 3.05) is 17.4 Å². The van der Waals surface area contributed by atoms with Gasteiger partial charge in [0.25, 0.3) is 10.0 Å². The molecule has 1 N–H and O–H groups in total. The van der Waals surface area contributed by atoms with Gasteiger partial charge in [-0.2, -0.15) is 0 Å². The molecule has 0 saturated carbocycles. The summed E-state index contributed by atoms with van der Waals surface area (Å²) in [7, 11) is -4.15. The molecule has 0 fully saturated rings. The number of hydrogen-bond donors (Lipinski definition) is 1. The standard InChI is InChI=1S/C31H38ClN3O4S/c1-6-28(31(37)33-19-22(2)3)34(20-25-13-11-23(4)12-14-25)30(36)21-35(29-10-8-7-9-24(29)5)40(38,39)27-17-15-26(32)16-18-27/h7-18,22,28H,6,19-21H2,1-5H3,(H,33,37)/t28-/m0/s1. The monoisotopic (exact) mass is 583 g/mol. The maximum Gasteiger partial charge on any atom is 0.264 e. The third kappa shape index (κ3) is 7.86. The molecule has 40 heavy (non-hydrogen) atoms. The van der Waals surface area contributed by atoms with E-state index in [1.165, 1.54) is 29.2 Å². The van der Waals surface area contributed by atoms with E-state index in [1.807, 2.05) is 58.0 Å². The van der Waals surface area contributed by atoms with Crippen LogP contribution in [0.2, 0.25) is 5.02 Å². The first-order chi connectivity index (χ1) is 18.9. The van der Waals surface area contributed by atoms with E-state index >= 15 is 0 Å². The number of rotatable bonds is 12. The number of anilines is 1. The maximum atomic E-state index is 14.1. The van der Waals surface area contributed by atoms with E-state index in [2.05, 4.69) is 5.32 Å². The molecular weight excluding hydrogens is 546 g/mol. The molecule has 9 heteroatoms. The number of hydrogen-bond acceptors (Lipinski definition) is 4. The lowest BCUT2D eigenvalue weighted by Crippen LogP contribution is -2.52. The van der Waals surface area contributed by atoms with Crippen molar-refractivity contribution in [2.45, 2.75) is 58.5 Å². The van der Waals surface area contributed by atoms with Crippen LogP contribution < -0.4 is 9.62 Å². The first kappa shape index (κ1) is 31.2. The predicted octanol–water partition coefficient (Wildman–Crippen LogP) is 5.73. The SMILES string of the molecule is CC[C@@H](C(=O)NCC(C)C)N(Cc1ccc(C)cc1)C(=O)CN(c1ccccc1C)S(=O)(=O)c1ccc(Cl)cc1. The minimum absolute atomic E-state index is 0.0137. The topological polar surface area (TPSA) is 86.8 Å². The van der Waals surface area contributed by atoms with Gasteiger partial charge in [0.15, 0.2) is 0 Å². The molecule has 7 nitrogen and oxygen atoms in total. The molecule has 0 saturated heterocycles. The third-order valence-corrected chi connectivity index (χ3v) is 8.63. The number of carbonyl (C=O) groups is 2. The molecule has 0 heterocycles. The Balaban J connectivity index is 2.05. The molecule has 3 aromatic carbocycles. The van der Waals surface area contributed by atoms with Gasteiger partial charge in [0.05, 0.1) is 10.6 Å². The highest BCUT2D eigenvalue weighted by atomic mass is 35.5. The van der Waals surface area contributed by atoms with E-state index in [1.54, 1.807) is 25.1 Å². The van der Waals surface area contributed by atoms with Gasteiger partial charge in [-0.25, -0.2) is 8.42 Å². The van der Waals surface area contributed by atoms with Crippen molar-refractivity contribution in [1.82, 2.24) is 10.2 Å². The Morgan fingerprint density at radius 3 is 2.12 bits per heavy atom. The van der Waals surface area contributed by atoms with Crippen LogP contribution in [0.1, 0.15) is 43.9 Å². The number of carbonyl (C=O) groups excluding carboxylic acids is 2. The highest BCUT2D eigenvalue weighted by Crippen LogP contribution is 2.28. The summed E-state index contributed by atoms with van der Waals surface area (Å²) in [6.07, 6.45) is 0.371. The third-order valence-electron chi connectivity index (χ3n) is 6.61. The summed E-state index contributed by atoms with van der Waals surface area (Å²) >= 11 is 6.01. The Hall–Kier alpha value is -3.36. The number of nitrogens with zero attached hydrogens (tertiary/aromatic N) is 2. The highest BCUT2D eigenvalue weighted by Gasteiger charge is 2.34. The molecule has 0 unspecified atom stereocenters. The van der Waals surface area contributed by atoms with Crippen LogP contribution in [0.5, 0.6) is 0 Å². The van der Waals surface area contributed by atoms with Gasteiger partial charge in [0.2, 0.25) is 11.8 Å². The smallest absolute Gasteiger partial charge is 0.264 e. The number of nitrogens with one attached hydrogen (secondary N) is 1. The molecular formula is C31H38ClN3O4S. The van der Waals surface area contributed by atoms with Gasteiger partial charge >= 0.3 is 0 Å². The number of halogens is 1. The first-order valence-corrected chi connectivity index (χ1v) is 15.2. The van der Waals surface area contributed by atoms with E-state index < -0.39 is 28.5 Å². The highest BCUT2D eigenvalue weighted by molar-refractivity contribution is 7.92. The quantitative estimate of drug-likeness (QED) is 0.295. The molecule has 0 aliphatic rings. The first-order valence-electron chi connectivity index (χ1n) is 13.4. The molecule has 0 aliphatic carbocycles. The second-order valence-corrected chi connectivity index (χ2v) is 12.6. The van der Waals surface area contributed by atoms with Crippen LogP contribution >= 0.6 is 11.6 Å². The average molecular weight is 584 g/mol. The number of para-hydroxylation sites is 1. The summed E-state index contributed by atoms with van der Waals surface area (Å²) in [4.78, 5) is 28.9. The molecule has 214 valence electrons. The molecule has 0 aliphatic heterocycles. The Morgan fingerprint density at radius 2 is 1.55 bits per heavy atom. The van der Waals surface area contributed by atoms with E-state index in [9.17, 15) is 18.0 Å². The number of sulfonamides is 1. The van der Waals surface area contributed by atoms with E-state index in [0.29, 0.717) is 29.2 Å². The van der Waals surface area contributed by atoms with Crippen molar-refractivity contribution in [3.05, 3.63) is 94.5 Å². The maximum absolute atomic E-state index is 14.1. The molecule has 0 aromatic heterocycles. The summed E-state index contributed by atoms with van der Waals surface area (Å²) < 4.78 is 29.0. The lowest BCUT2D eigenvalue weighted by molar-refractivity contribution is -0.140. The van der Waals surface area contributed by atoms with E-state index in [0.717, 1.165) is 15.4 Å². The Bertz CT molecular complexity index is 1410. The minimum Gasteiger partial charge on any atom is -0.354 e. The van der Waals surface area contributed by atoms with Crippen molar-refractivity contribution in [3.63, 3.8) is 0 Å². The largest absolute Gasteiger partial charge is 0.354 e. The van der Waals surface area contributed by atoms with Gasteiger partial charge in [-0.3, -0.25) is 13.9 Å². The van der Waals surface area contributed by atoms with Crippen LogP contribution in [0.25, 0.3) is 0 Å². The normalized spacial score (nSPS) is 12.2. The van der Waals surface area contributed by atoms with E-state index in [-0.39, 0.29) is 23.3 Å². The number of amides is 2.